The molecule has 2 aromatic carbocycles. The van der Waals surface area contributed by atoms with Crippen LogP contribution in [-0.4, -0.2) is 52.2 Å². The second-order valence-electron chi connectivity index (χ2n) is 8.15. The third-order valence-electron chi connectivity index (χ3n) is 6.04. The van der Waals surface area contributed by atoms with E-state index in [0.717, 1.165) is 6.07 Å². The fourth-order valence-corrected chi connectivity index (χ4v) is 4.57. The Bertz CT molecular complexity index is 1300. The number of nitrogens with zero attached hydrogens (tertiary/aromatic N) is 3. The van der Waals surface area contributed by atoms with Crippen LogP contribution in [-0.2, 0) is 11.3 Å². The van der Waals surface area contributed by atoms with E-state index in [1.807, 2.05) is 0 Å². The highest BCUT2D eigenvalue weighted by molar-refractivity contribution is 6.33. The second-order valence-corrected chi connectivity index (χ2v) is 8.56. The number of carbonyl (C=O) groups excluding carboxylic acids is 2. The number of halogens is 4. The van der Waals surface area contributed by atoms with E-state index in [0.29, 0.717) is 13.0 Å². The number of hydrogen-bond donors (Lipinski definition) is 1. The molecule has 1 aromatic heterocycles. The molecule has 3 heterocycles. The van der Waals surface area contributed by atoms with Crippen molar-refractivity contribution in [3.05, 3.63) is 69.8 Å². The third-order valence-corrected chi connectivity index (χ3v) is 6.37. The number of fused-ring (bicyclic) bond motifs is 1. The van der Waals surface area contributed by atoms with Crippen LogP contribution in [0.4, 0.5) is 13.2 Å². The van der Waals surface area contributed by atoms with E-state index in [9.17, 15) is 22.8 Å². The Morgan fingerprint density at radius 2 is 2.03 bits per heavy atom. The van der Waals surface area contributed by atoms with Crippen molar-refractivity contribution in [3.63, 3.8) is 0 Å². The number of aromatic nitrogens is 2. The van der Waals surface area contributed by atoms with Crippen LogP contribution in [0.1, 0.15) is 45.0 Å². The van der Waals surface area contributed by atoms with Gasteiger partial charge in [-0.3, -0.25) is 9.59 Å². The number of ether oxygens (including phenoxy) is 1. The van der Waals surface area contributed by atoms with Gasteiger partial charge in [-0.1, -0.05) is 23.7 Å². The van der Waals surface area contributed by atoms with Crippen molar-refractivity contribution in [1.29, 1.82) is 0 Å². The van der Waals surface area contributed by atoms with Crippen molar-refractivity contribution in [2.24, 2.45) is 0 Å². The van der Waals surface area contributed by atoms with Crippen molar-refractivity contribution >= 4 is 23.4 Å². The van der Waals surface area contributed by atoms with Crippen molar-refractivity contribution < 1.29 is 31.9 Å². The summed E-state index contributed by atoms with van der Waals surface area (Å²) < 4.78 is 51.0. The molecule has 0 spiro atoms. The minimum absolute atomic E-state index is 0.0183. The molecule has 0 saturated carbocycles. The topological polar surface area (TPSA) is 97.6 Å². The van der Waals surface area contributed by atoms with E-state index >= 15 is 0 Å². The molecule has 182 valence electrons. The van der Waals surface area contributed by atoms with Gasteiger partial charge in [0, 0.05) is 23.3 Å². The zero-order valence-electron chi connectivity index (χ0n) is 18.0. The molecule has 3 aromatic rings. The van der Waals surface area contributed by atoms with E-state index in [2.05, 4.69) is 15.5 Å². The first-order valence-corrected chi connectivity index (χ1v) is 11.1. The van der Waals surface area contributed by atoms with Crippen molar-refractivity contribution in [3.8, 4) is 11.5 Å². The fraction of sp³-hybridized carbons (Fsp3) is 0.304. The van der Waals surface area contributed by atoms with Crippen LogP contribution >= 0.6 is 11.6 Å². The lowest BCUT2D eigenvalue weighted by Crippen LogP contribution is -2.56. The van der Waals surface area contributed by atoms with Gasteiger partial charge in [-0.15, -0.1) is 10.2 Å². The van der Waals surface area contributed by atoms with Crippen LogP contribution in [0, 0.1) is 5.82 Å². The summed E-state index contributed by atoms with van der Waals surface area (Å²) in [7, 11) is 0. The molecule has 0 radical (unpaired) electrons. The summed E-state index contributed by atoms with van der Waals surface area (Å²) >= 11 is 6.13. The first-order chi connectivity index (χ1) is 16.8. The van der Waals surface area contributed by atoms with Gasteiger partial charge in [-0.05, 0) is 30.7 Å². The Kier molecular flexibility index (Phi) is 6.20. The summed E-state index contributed by atoms with van der Waals surface area (Å²) in [6.07, 6.45) is -2.55. The normalized spacial score (nSPS) is 19.8. The van der Waals surface area contributed by atoms with E-state index in [1.54, 1.807) is 24.3 Å². The molecule has 0 bridgehead atoms. The van der Waals surface area contributed by atoms with E-state index in [-0.39, 0.29) is 46.3 Å². The molecule has 1 saturated heterocycles. The lowest BCUT2D eigenvalue weighted by molar-refractivity contribution is 0.00836. The zero-order chi connectivity index (χ0) is 24.7. The van der Waals surface area contributed by atoms with Crippen LogP contribution in [0.15, 0.2) is 40.8 Å². The van der Waals surface area contributed by atoms with Gasteiger partial charge >= 0.3 is 6.43 Å². The number of nitrogens with one attached hydrogen (secondary N) is 1. The zero-order valence-corrected chi connectivity index (χ0v) is 18.8. The fourth-order valence-electron chi connectivity index (χ4n) is 4.34. The first-order valence-electron chi connectivity index (χ1n) is 10.7. The van der Waals surface area contributed by atoms with E-state index in [1.165, 1.54) is 11.0 Å². The van der Waals surface area contributed by atoms with Crippen molar-refractivity contribution in [2.75, 3.05) is 13.2 Å². The van der Waals surface area contributed by atoms with Gasteiger partial charge < -0.3 is 19.4 Å². The number of carbonyl (C=O) groups is 2. The number of hydrogen-bond acceptors (Lipinski definition) is 6. The monoisotopic (exact) mass is 506 g/mol. The highest BCUT2D eigenvalue weighted by Crippen LogP contribution is 2.34. The molecule has 8 nitrogen and oxygen atoms in total. The summed E-state index contributed by atoms with van der Waals surface area (Å²) in [6, 6.07) is 7.96. The quantitative estimate of drug-likeness (QED) is 0.561. The number of amides is 2. The maximum Gasteiger partial charge on any atom is 0.314 e. The molecular formula is C23H18ClF3N4O4. The summed E-state index contributed by atoms with van der Waals surface area (Å²) in [5.74, 6) is -2.79. The van der Waals surface area contributed by atoms with Crippen molar-refractivity contribution in [2.45, 2.75) is 31.5 Å². The highest BCUT2D eigenvalue weighted by Gasteiger charge is 2.40. The van der Waals surface area contributed by atoms with Crippen LogP contribution in [0.5, 0.6) is 0 Å². The SMILES string of the molecule is O=C(N[C@H]1COCCC1N1Cc2c(F)cc(-c3nnc(C(F)F)o3)cc2C1=O)c1ccccc1Cl. The molecule has 2 aliphatic rings. The summed E-state index contributed by atoms with van der Waals surface area (Å²) in [5.41, 5.74) is 0.536. The summed E-state index contributed by atoms with van der Waals surface area (Å²) in [4.78, 5) is 27.6. The molecule has 2 aliphatic heterocycles. The van der Waals surface area contributed by atoms with Gasteiger partial charge in [0.1, 0.15) is 5.82 Å². The van der Waals surface area contributed by atoms with Gasteiger partial charge in [0.2, 0.25) is 5.89 Å². The highest BCUT2D eigenvalue weighted by atomic mass is 35.5. The lowest BCUT2D eigenvalue weighted by atomic mass is 10.0. The van der Waals surface area contributed by atoms with Crippen LogP contribution in [0.25, 0.3) is 11.5 Å². The predicted molar refractivity (Wildman–Crippen MR) is 116 cm³/mol. The molecule has 1 unspecified atom stereocenters. The van der Waals surface area contributed by atoms with Gasteiger partial charge in [-0.2, -0.15) is 8.78 Å². The molecule has 1 fully saturated rings. The lowest BCUT2D eigenvalue weighted by Gasteiger charge is -2.38. The Balaban J connectivity index is 1.39. The van der Waals surface area contributed by atoms with Gasteiger partial charge in [0.15, 0.2) is 0 Å². The Hall–Kier alpha value is -3.44. The molecule has 1 N–H and O–H groups in total. The van der Waals surface area contributed by atoms with Gasteiger partial charge in [0.25, 0.3) is 17.7 Å². The Morgan fingerprint density at radius 3 is 2.77 bits per heavy atom. The molecule has 2 amide bonds. The molecule has 5 rings (SSSR count). The standard InChI is InChI=1S/C23H18ClF3N4O4/c24-15-4-2-1-3-12(15)20(32)28-17-10-34-6-5-18(17)31-9-14-13(23(31)33)7-11(8-16(14)25)21-29-30-22(35-21)19(26)27/h1-4,7-8,17-19H,5-6,9-10H2,(H,28,32)/t17-,18?/m0/s1. The number of alkyl halides is 2. The second kappa shape index (κ2) is 9.31. The summed E-state index contributed by atoms with van der Waals surface area (Å²) in [5, 5.41) is 9.93. The minimum Gasteiger partial charge on any atom is -0.415 e. The minimum atomic E-state index is -2.97. The average Bonchev–Trinajstić information content (AvgIpc) is 3.46. The third kappa shape index (κ3) is 4.37. The molecule has 0 aliphatic carbocycles. The molecule has 35 heavy (non-hydrogen) atoms. The van der Waals surface area contributed by atoms with Crippen LogP contribution < -0.4 is 5.32 Å². The maximum absolute atomic E-state index is 15.0. The largest absolute Gasteiger partial charge is 0.415 e. The molecular weight excluding hydrogens is 489 g/mol. The molecule has 2 atom stereocenters. The Labute approximate surface area is 202 Å². The Morgan fingerprint density at radius 1 is 1.23 bits per heavy atom. The van der Waals surface area contributed by atoms with Crippen LogP contribution in [0.3, 0.4) is 0 Å². The smallest absolute Gasteiger partial charge is 0.314 e. The first kappa shape index (κ1) is 23.3. The molecule has 12 heteroatoms. The predicted octanol–water partition coefficient (Wildman–Crippen LogP) is 4.01. The van der Waals surface area contributed by atoms with Crippen molar-refractivity contribution in [1.82, 2.24) is 20.4 Å². The van der Waals surface area contributed by atoms with E-state index in [4.69, 9.17) is 20.8 Å². The van der Waals surface area contributed by atoms with E-state index < -0.39 is 42.0 Å². The average molecular weight is 507 g/mol. The van der Waals surface area contributed by atoms with Crippen LogP contribution in [0.2, 0.25) is 5.02 Å². The number of benzene rings is 2. The summed E-state index contributed by atoms with van der Waals surface area (Å²) in [6.45, 7) is 0.498. The maximum atomic E-state index is 15.0. The van der Waals surface area contributed by atoms with Gasteiger partial charge in [-0.25, -0.2) is 4.39 Å². The van der Waals surface area contributed by atoms with Gasteiger partial charge in [0.05, 0.1) is 35.8 Å². The number of rotatable bonds is 5.